The summed E-state index contributed by atoms with van der Waals surface area (Å²) >= 11 is 4.34. The van der Waals surface area contributed by atoms with Gasteiger partial charge in [-0.3, -0.25) is 4.79 Å². The molecule has 0 aliphatic heterocycles. The number of benzene rings is 3. The Labute approximate surface area is 202 Å². The van der Waals surface area contributed by atoms with E-state index in [1.165, 1.54) is 51.7 Å². The van der Waals surface area contributed by atoms with E-state index in [9.17, 15) is 14.7 Å². The molecule has 0 saturated carbocycles. The molecule has 2 N–H and O–H groups in total. The first kappa shape index (κ1) is 23.0. The van der Waals surface area contributed by atoms with Gasteiger partial charge in [0.15, 0.2) is 8.68 Å². The highest BCUT2D eigenvalue weighted by molar-refractivity contribution is 8.03. The van der Waals surface area contributed by atoms with Crippen LogP contribution in [0.2, 0.25) is 0 Å². The standard InChI is InChI=1S/C23H18N4O3S3/c28-20(25-24-12-16-7-2-4-11-19(16)21(29)30)14-32-23-27-26-22(33-23)31-13-17-9-5-8-15-6-1-3-10-18(15)17/h1-12H,13-14H2,(H,25,28)(H,29,30)/b24-12+. The molecular formula is C23H18N4O3S3. The van der Waals surface area contributed by atoms with Crippen LogP contribution in [0.3, 0.4) is 0 Å². The molecule has 1 aromatic heterocycles. The molecule has 0 aliphatic rings. The van der Waals surface area contributed by atoms with Gasteiger partial charge in [0.05, 0.1) is 17.5 Å². The molecule has 0 unspecified atom stereocenters. The van der Waals surface area contributed by atoms with Crippen LogP contribution in [-0.4, -0.2) is 39.1 Å². The maximum absolute atomic E-state index is 12.1. The van der Waals surface area contributed by atoms with Crippen LogP contribution in [0.4, 0.5) is 0 Å². The van der Waals surface area contributed by atoms with Crippen molar-refractivity contribution in [3.8, 4) is 0 Å². The van der Waals surface area contributed by atoms with Crippen molar-refractivity contribution < 1.29 is 14.7 Å². The van der Waals surface area contributed by atoms with Crippen LogP contribution in [0.15, 0.2) is 80.5 Å². The highest BCUT2D eigenvalue weighted by Gasteiger charge is 2.10. The number of fused-ring (bicyclic) bond motifs is 1. The van der Waals surface area contributed by atoms with Gasteiger partial charge >= 0.3 is 5.97 Å². The van der Waals surface area contributed by atoms with Crippen molar-refractivity contribution in [2.75, 3.05) is 5.75 Å². The van der Waals surface area contributed by atoms with E-state index in [2.05, 4.69) is 51.1 Å². The molecule has 0 radical (unpaired) electrons. The van der Waals surface area contributed by atoms with Gasteiger partial charge in [0.25, 0.3) is 5.91 Å². The number of thioether (sulfide) groups is 2. The van der Waals surface area contributed by atoms with Crippen molar-refractivity contribution in [2.24, 2.45) is 5.10 Å². The lowest BCUT2D eigenvalue weighted by molar-refractivity contribution is -0.118. The number of carboxylic acid groups (broad SMARTS) is 1. The lowest BCUT2D eigenvalue weighted by Crippen LogP contribution is -2.19. The summed E-state index contributed by atoms with van der Waals surface area (Å²) in [6.45, 7) is 0. The number of aromatic carboxylic acids is 1. The Bertz CT molecular complexity index is 1320. The molecule has 4 rings (SSSR count). The first-order chi connectivity index (χ1) is 16.1. The number of carbonyl (C=O) groups excluding carboxylic acids is 1. The molecule has 0 aliphatic carbocycles. The number of nitrogens with one attached hydrogen (secondary N) is 1. The summed E-state index contributed by atoms with van der Waals surface area (Å²) in [7, 11) is 0. The van der Waals surface area contributed by atoms with E-state index in [0.29, 0.717) is 9.90 Å². The minimum Gasteiger partial charge on any atom is -0.478 e. The van der Waals surface area contributed by atoms with Crippen molar-refractivity contribution in [3.05, 3.63) is 83.4 Å². The van der Waals surface area contributed by atoms with Crippen molar-refractivity contribution >= 4 is 63.7 Å². The summed E-state index contributed by atoms with van der Waals surface area (Å²) < 4.78 is 1.54. The van der Waals surface area contributed by atoms with Crippen LogP contribution < -0.4 is 5.43 Å². The molecule has 0 bridgehead atoms. The maximum Gasteiger partial charge on any atom is 0.336 e. The summed E-state index contributed by atoms with van der Waals surface area (Å²) in [6, 6.07) is 21.0. The third-order valence-electron chi connectivity index (χ3n) is 4.53. The molecule has 1 amide bonds. The molecule has 1 heterocycles. The van der Waals surface area contributed by atoms with Crippen molar-refractivity contribution in [2.45, 2.75) is 14.4 Å². The highest BCUT2D eigenvalue weighted by atomic mass is 32.2. The second-order valence-corrected chi connectivity index (χ2v) is 10.2. The lowest BCUT2D eigenvalue weighted by Gasteiger charge is -2.04. The first-order valence-corrected chi connectivity index (χ1v) is 12.6. The minimum atomic E-state index is -1.05. The van der Waals surface area contributed by atoms with Crippen LogP contribution >= 0.6 is 34.9 Å². The van der Waals surface area contributed by atoms with Crippen molar-refractivity contribution in [3.63, 3.8) is 0 Å². The molecule has 0 atom stereocenters. The van der Waals surface area contributed by atoms with Crippen LogP contribution in [0.25, 0.3) is 10.8 Å². The number of hydrazone groups is 1. The zero-order valence-corrected chi connectivity index (χ0v) is 19.6. The Hall–Kier alpha value is -3.21. The summed E-state index contributed by atoms with van der Waals surface area (Å²) in [5.74, 6) is -0.456. The van der Waals surface area contributed by atoms with E-state index >= 15 is 0 Å². The van der Waals surface area contributed by atoms with Gasteiger partial charge in [-0.1, -0.05) is 95.5 Å². The first-order valence-electron chi connectivity index (χ1n) is 9.80. The van der Waals surface area contributed by atoms with Crippen LogP contribution in [-0.2, 0) is 10.5 Å². The molecular weight excluding hydrogens is 476 g/mol. The summed E-state index contributed by atoms with van der Waals surface area (Å²) in [6.07, 6.45) is 1.32. The van der Waals surface area contributed by atoms with E-state index < -0.39 is 5.97 Å². The number of aromatic nitrogens is 2. The Morgan fingerprint density at radius 2 is 1.70 bits per heavy atom. The Morgan fingerprint density at radius 1 is 0.970 bits per heavy atom. The largest absolute Gasteiger partial charge is 0.478 e. The smallest absolute Gasteiger partial charge is 0.336 e. The third-order valence-corrected chi connectivity index (χ3v) is 7.77. The summed E-state index contributed by atoms with van der Waals surface area (Å²) in [5, 5.41) is 23.8. The second kappa shape index (κ2) is 11.1. The van der Waals surface area contributed by atoms with Crippen LogP contribution in [0, 0.1) is 0 Å². The zero-order valence-electron chi connectivity index (χ0n) is 17.2. The van der Waals surface area contributed by atoms with Gasteiger partial charge in [-0.15, -0.1) is 10.2 Å². The molecule has 7 nitrogen and oxygen atoms in total. The molecule has 166 valence electrons. The number of amides is 1. The van der Waals surface area contributed by atoms with Crippen LogP contribution in [0.1, 0.15) is 21.5 Å². The van der Waals surface area contributed by atoms with Crippen LogP contribution in [0.5, 0.6) is 0 Å². The van der Waals surface area contributed by atoms with E-state index in [1.54, 1.807) is 30.0 Å². The average Bonchev–Trinajstić information content (AvgIpc) is 3.29. The predicted molar refractivity (Wildman–Crippen MR) is 133 cm³/mol. The number of rotatable bonds is 9. The molecule has 0 fully saturated rings. The van der Waals surface area contributed by atoms with E-state index in [0.717, 1.165) is 10.1 Å². The van der Waals surface area contributed by atoms with Gasteiger partial charge in [0, 0.05) is 11.3 Å². The topological polar surface area (TPSA) is 105 Å². The monoisotopic (exact) mass is 494 g/mol. The molecule has 33 heavy (non-hydrogen) atoms. The van der Waals surface area contributed by atoms with E-state index in [4.69, 9.17) is 0 Å². The van der Waals surface area contributed by atoms with Gasteiger partial charge in [0.2, 0.25) is 0 Å². The van der Waals surface area contributed by atoms with Crippen molar-refractivity contribution in [1.82, 2.24) is 15.6 Å². The fraction of sp³-hybridized carbons (Fsp3) is 0.0870. The lowest BCUT2D eigenvalue weighted by atomic mass is 10.1. The second-order valence-electron chi connectivity index (χ2n) is 6.74. The summed E-state index contributed by atoms with van der Waals surface area (Å²) in [4.78, 5) is 23.3. The third kappa shape index (κ3) is 6.19. The molecule has 3 aromatic carbocycles. The Kier molecular flexibility index (Phi) is 7.71. The fourth-order valence-electron chi connectivity index (χ4n) is 3.01. The number of carbonyl (C=O) groups is 2. The zero-order chi connectivity index (χ0) is 23.0. The predicted octanol–water partition coefficient (Wildman–Crippen LogP) is 4.92. The number of hydrogen-bond donors (Lipinski definition) is 2. The molecule has 10 heteroatoms. The molecule has 4 aromatic rings. The quantitative estimate of drug-likeness (QED) is 0.193. The van der Waals surface area contributed by atoms with E-state index in [1.807, 2.05) is 12.1 Å². The minimum absolute atomic E-state index is 0.118. The van der Waals surface area contributed by atoms with Gasteiger partial charge in [-0.2, -0.15) is 5.10 Å². The summed E-state index contributed by atoms with van der Waals surface area (Å²) in [5.41, 5.74) is 4.18. The SMILES string of the molecule is O=C(CSc1nnc(SCc2cccc3ccccc23)s1)N/N=C/c1ccccc1C(=O)O. The Morgan fingerprint density at radius 3 is 2.55 bits per heavy atom. The average molecular weight is 495 g/mol. The molecule has 0 spiro atoms. The molecule has 0 saturated heterocycles. The van der Waals surface area contributed by atoms with Gasteiger partial charge in [0.1, 0.15) is 0 Å². The Balaban J connectivity index is 1.27. The van der Waals surface area contributed by atoms with Gasteiger partial charge < -0.3 is 5.11 Å². The highest BCUT2D eigenvalue weighted by Crippen LogP contribution is 2.32. The van der Waals surface area contributed by atoms with Gasteiger partial charge in [-0.25, -0.2) is 10.2 Å². The normalized spacial score (nSPS) is 11.2. The number of nitrogens with zero attached hydrogens (tertiary/aromatic N) is 3. The van der Waals surface area contributed by atoms with Crippen molar-refractivity contribution in [1.29, 1.82) is 0 Å². The number of hydrogen-bond acceptors (Lipinski definition) is 8. The fourth-order valence-corrected chi connectivity index (χ4v) is 5.83. The maximum atomic E-state index is 12.1. The van der Waals surface area contributed by atoms with E-state index in [-0.39, 0.29) is 17.2 Å². The number of carboxylic acids is 1. The van der Waals surface area contributed by atoms with Gasteiger partial charge in [-0.05, 0) is 22.4 Å².